The Morgan fingerprint density at radius 2 is 1.94 bits per heavy atom. The maximum atomic E-state index is 12.7. The summed E-state index contributed by atoms with van der Waals surface area (Å²) in [4.78, 5) is 0. The predicted octanol–water partition coefficient (Wildman–Crippen LogP) is 4.10. The van der Waals surface area contributed by atoms with E-state index in [4.69, 9.17) is 10.5 Å². The highest BCUT2D eigenvalue weighted by molar-refractivity contribution is 5.49. The molecule has 0 aliphatic carbocycles. The van der Waals surface area contributed by atoms with E-state index < -0.39 is 11.7 Å². The van der Waals surface area contributed by atoms with Crippen molar-refractivity contribution in [2.75, 3.05) is 12.3 Å². The third kappa shape index (κ3) is 4.47. The molecular weight excluding hydrogens is 243 g/mol. The Balaban J connectivity index is 2.70. The first-order chi connectivity index (χ1) is 8.30. The maximum Gasteiger partial charge on any atom is 0.420 e. The molecule has 102 valence electrons. The van der Waals surface area contributed by atoms with Crippen molar-refractivity contribution in [3.8, 4) is 5.75 Å². The van der Waals surface area contributed by atoms with Crippen LogP contribution in [0.15, 0.2) is 18.2 Å². The van der Waals surface area contributed by atoms with Crippen LogP contribution in [0.2, 0.25) is 0 Å². The van der Waals surface area contributed by atoms with E-state index >= 15 is 0 Å². The molecule has 1 rings (SSSR count). The van der Waals surface area contributed by atoms with Gasteiger partial charge < -0.3 is 10.5 Å². The van der Waals surface area contributed by atoms with Crippen LogP contribution in [0.1, 0.15) is 32.3 Å². The van der Waals surface area contributed by atoms with Crippen molar-refractivity contribution in [3.05, 3.63) is 23.8 Å². The van der Waals surface area contributed by atoms with Crippen LogP contribution in [-0.2, 0) is 6.18 Å². The number of benzene rings is 1. The minimum atomic E-state index is -4.44. The Morgan fingerprint density at radius 1 is 1.28 bits per heavy atom. The molecule has 2 N–H and O–H groups in total. The summed E-state index contributed by atoms with van der Waals surface area (Å²) in [5, 5.41) is 0. The smallest absolute Gasteiger partial charge is 0.420 e. The van der Waals surface area contributed by atoms with E-state index in [0.717, 1.165) is 18.9 Å². The Kier molecular flexibility index (Phi) is 4.87. The molecule has 0 radical (unpaired) electrons. The van der Waals surface area contributed by atoms with Crippen LogP contribution in [0, 0.1) is 5.92 Å². The molecule has 0 bridgehead atoms. The fourth-order valence-corrected chi connectivity index (χ4v) is 1.57. The van der Waals surface area contributed by atoms with Crippen LogP contribution in [-0.4, -0.2) is 6.61 Å². The Labute approximate surface area is 105 Å². The number of rotatable bonds is 5. The fourth-order valence-electron chi connectivity index (χ4n) is 1.57. The quantitative estimate of drug-likeness (QED) is 0.639. The van der Waals surface area contributed by atoms with Gasteiger partial charge >= 0.3 is 6.18 Å². The number of nitrogens with two attached hydrogens (primary N) is 1. The maximum absolute atomic E-state index is 12.7. The van der Waals surface area contributed by atoms with Crippen molar-refractivity contribution in [1.82, 2.24) is 0 Å². The molecule has 0 heterocycles. The van der Waals surface area contributed by atoms with Gasteiger partial charge in [0.1, 0.15) is 5.75 Å². The third-order valence-electron chi connectivity index (χ3n) is 2.49. The molecule has 0 aliphatic heterocycles. The predicted molar refractivity (Wildman–Crippen MR) is 65.4 cm³/mol. The largest absolute Gasteiger partial charge is 0.493 e. The van der Waals surface area contributed by atoms with Gasteiger partial charge in [-0.3, -0.25) is 0 Å². The van der Waals surface area contributed by atoms with Crippen LogP contribution >= 0.6 is 0 Å². The van der Waals surface area contributed by atoms with Gasteiger partial charge in [0.15, 0.2) is 0 Å². The normalized spacial score (nSPS) is 11.9. The summed E-state index contributed by atoms with van der Waals surface area (Å²) in [6.07, 6.45) is -2.78. The molecule has 1 aromatic rings. The van der Waals surface area contributed by atoms with Gasteiger partial charge in [0.25, 0.3) is 0 Å². The van der Waals surface area contributed by atoms with Crippen molar-refractivity contribution in [2.24, 2.45) is 5.92 Å². The lowest BCUT2D eigenvalue weighted by Gasteiger charge is -2.14. The van der Waals surface area contributed by atoms with Gasteiger partial charge in [0.05, 0.1) is 12.2 Å². The molecule has 0 fully saturated rings. The van der Waals surface area contributed by atoms with Crippen LogP contribution in [0.3, 0.4) is 0 Å². The van der Waals surface area contributed by atoms with Gasteiger partial charge in [-0.05, 0) is 37.0 Å². The molecule has 0 amide bonds. The van der Waals surface area contributed by atoms with Crippen LogP contribution in [0.25, 0.3) is 0 Å². The number of halogens is 3. The number of hydrogen-bond acceptors (Lipinski definition) is 2. The summed E-state index contributed by atoms with van der Waals surface area (Å²) in [7, 11) is 0. The van der Waals surface area contributed by atoms with Crippen molar-refractivity contribution < 1.29 is 17.9 Å². The molecule has 0 aliphatic rings. The average Bonchev–Trinajstić information content (AvgIpc) is 2.24. The standard InChI is InChI=1S/C13H18F3NO/c1-9(2)4-3-7-18-12-6-5-10(17)8-11(12)13(14,15)16/h5-6,8-9H,3-4,7,17H2,1-2H3. The van der Waals surface area contributed by atoms with Crippen molar-refractivity contribution in [3.63, 3.8) is 0 Å². The first-order valence-electron chi connectivity index (χ1n) is 5.90. The summed E-state index contributed by atoms with van der Waals surface area (Å²) in [5.74, 6) is 0.363. The molecule has 1 aromatic carbocycles. The topological polar surface area (TPSA) is 35.2 Å². The lowest BCUT2D eigenvalue weighted by molar-refractivity contribution is -0.138. The fraction of sp³-hybridized carbons (Fsp3) is 0.538. The Morgan fingerprint density at radius 3 is 2.50 bits per heavy atom. The molecule has 0 atom stereocenters. The first-order valence-corrected chi connectivity index (χ1v) is 5.90. The number of nitrogen functional groups attached to an aromatic ring is 1. The van der Waals surface area contributed by atoms with Gasteiger partial charge in [0, 0.05) is 5.69 Å². The highest BCUT2D eigenvalue weighted by Gasteiger charge is 2.34. The average molecular weight is 261 g/mol. The molecule has 0 saturated carbocycles. The number of ether oxygens (including phenoxy) is 1. The monoisotopic (exact) mass is 261 g/mol. The van der Waals surface area contributed by atoms with E-state index in [9.17, 15) is 13.2 Å². The molecule has 0 spiro atoms. The van der Waals surface area contributed by atoms with E-state index in [0.29, 0.717) is 5.92 Å². The van der Waals surface area contributed by atoms with Crippen LogP contribution in [0.5, 0.6) is 5.75 Å². The lowest BCUT2D eigenvalue weighted by Crippen LogP contribution is -2.10. The van der Waals surface area contributed by atoms with Crippen LogP contribution < -0.4 is 10.5 Å². The van der Waals surface area contributed by atoms with E-state index in [1.165, 1.54) is 12.1 Å². The van der Waals surface area contributed by atoms with Gasteiger partial charge in [-0.2, -0.15) is 13.2 Å². The Bertz CT molecular complexity index is 388. The molecule has 2 nitrogen and oxygen atoms in total. The summed E-state index contributed by atoms with van der Waals surface area (Å²) in [6, 6.07) is 3.58. The number of alkyl halides is 3. The van der Waals surface area contributed by atoms with Gasteiger partial charge in [-0.1, -0.05) is 13.8 Å². The zero-order valence-corrected chi connectivity index (χ0v) is 10.6. The molecular formula is C13H18F3NO. The number of anilines is 1. The van der Waals surface area contributed by atoms with Gasteiger partial charge in [-0.15, -0.1) is 0 Å². The van der Waals surface area contributed by atoms with Gasteiger partial charge in [-0.25, -0.2) is 0 Å². The molecule has 0 saturated heterocycles. The molecule has 0 aromatic heterocycles. The Hall–Kier alpha value is -1.39. The zero-order valence-electron chi connectivity index (χ0n) is 10.6. The second-order valence-corrected chi connectivity index (χ2v) is 4.64. The molecule has 18 heavy (non-hydrogen) atoms. The highest BCUT2D eigenvalue weighted by Crippen LogP contribution is 2.37. The molecule has 0 unspecified atom stereocenters. The van der Waals surface area contributed by atoms with Crippen molar-refractivity contribution >= 4 is 5.69 Å². The summed E-state index contributed by atoms with van der Waals surface area (Å²) in [5.41, 5.74) is 4.63. The minimum Gasteiger partial charge on any atom is -0.493 e. The van der Waals surface area contributed by atoms with E-state index in [2.05, 4.69) is 13.8 Å². The zero-order chi connectivity index (χ0) is 13.8. The van der Waals surface area contributed by atoms with Crippen LogP contribution in [0.4, 0.5) is 18.9 Å². The second kappa shape index (κ2) is 5.98. The van der Waals surface area contributed by atoms with Crippen molar-refractivity contribution in [1.29, 1.82) is 0 Å². The second-order valence-electron chi connectivity index (χ2n) is 4.64. The van der Waals surface area contributed by atoms with E-state index in [1.54, 1.807) is 0 Å². The van der Waals surface area contributed by atoms with Gasteiger partial charge in [0.2, 0.25) is 0 Å². The minimum absolute atomic E-state index is 0.0804. The lowest BCUT2D eigenvalue weighted by atomic mass is 10.1. The molecule has 5 heteroatoms. The number of hydrogen-bond donors (Lipinski definition) is 1. The summed E-state index contributed by atoms with van der Waals surface area (Å²) < 4.78 is 43.4. The first kappa shape index (κ1) is 14.7. The van der Waals surface area contributed by atoms with E-state index in [-0.39, 0.29) is 18.0 Å². The SMILES string of the molecule is CC(C)CCCOc1ccc(N)cc1C(F)(F)F. The highest BCUT2D eigenvalue weighted by atomic mass is 19.4. The van der Waals surface area contributed by atoms with Crippen molar-refractivity contribution in [2.45, 2.75) is 32.9 Å². The summed E-state index contributed by atoms with van der Waals surface area (Å²) in [6.45, 7) is 4.40. The van der Waals surface area contributed by atoms with E-state index in [1.807, 2.05) is 0 Å². The summed E-state index contributed by atoms with van der Waals surface area (Å²) >= 11 is 0. The third-order valence-corrected chi connectivity index (χ3v) is 2.49.